The summed E-state index contributed by atoms with van der Waals surface area (Å²) < 4.78 is 5.78. The fourth-order valence-electron chi connectivity index (χ4n) is 3.23. The van der Waals surface area contributed by atoms with E-state index in [1.165, 1.54) is 5.56 Å². The Morgan fingerprint density at radius 2 is 1.88 bits per heavy atom. The van der Waals surface area contributed by atoms with Crippen LogP contribution < -0.4 is 9.64 Å². The van der Waals surface area contributed by atoms with Crippen molar-refractivity contribution >= 4 is 11.7 Å². The maximum Gasteiger partial charge on any atom is 0.222 e. The molecule has 0 aliphatic carbocycles. The number of carbonyl (C=O) groups excluding carboxylic acids is 1. The van der Waals surface area contributed by atoms with Crippen LogP contribution in [0.5, 0.6) is 5.75 Å². The molecular weight excluding hydrogens is 406 g/mol. The zero-order chi connectivity index (χ0) is 22.8. The molecule has 0 saturated carbocycles. The molecule has 1 amide bonds. The summed E-state index contributed by atoms with van der Waals surface area (Å²) in [6, 6.07) is 11.9. The first-order valence-corrected chi connectivity index (χ1v) is 10.8. The molecule has 0 radical (unpaired) electrons. The van der Waals surface area contributed by atoms with Crippen LogP contribution in [0.4, 0.5) is 5.82 Å². The summed E-state index contributed by atoms with van der Waals surface area (Å²) in [6.07, 6.45) is 5.80. The fraction of sp³-hybridized carbons (Fsp3) is 0.435. The van der Waals surface area contributed by atoms with Crippen LogP contribution >= 0.6 is 0 Å². The quantitative estimate of drug-likeness (QED) is 0.435. The minimum absolute atomic E-state index is 0.146. The molecule has 170 valence electrons. The molecule has 0 aliphatic heterocycles. The Morgan fingerprint density at radius 3 is 2.59 bits per heavy atom. The van der Waals surface area contributed by atoms with E-state index in [1.807, 2.05) is 62.6 Å². The average Bonchev–Trinajstić information content (AvgIpc) is 3.31. The number of tetrazole rings is 1. The van der Waals surface area contributed by atoms with E-state index in [9.17, 15) is 4.79 Å². The van der Waals surface area contributed by atoms with E-state index in [-0.39, 0.29) is 5.91 Å². The Balaban J connectivity index is 1.31. The van der Waals surface area contributed by atoms with Crippen LogP contribution in [0.25, 0.3) is 0 Å². The van der Waals surface area contributed by atoms with Gasteiger partial charge in [-0.2, -0.15) is 5.21 Å². The first-order valence-electron chi connectivity index (χ1n) is 10.8. The Kier molecular flexibility index (Phi) is 8.53. The molecule has 0 spiro atoms. The molecule has 0 aliphatic rings. The molecule has 0 unspecified atom stereocenters. The molecule has 0 atom stereocenters. The minimum Gasteiger partial charge on any atom is -0.492 e. The number of hydrogen-bond donors (Lipinski definition) is 1. The van der Waals surface area contributed by atoms with Crippen LogP contribution in [0.15, 0.2) is 42.6 Å². The first kappa shape index (κ1) is 23.2. The predicted octanol–water partition coefficient (Wildman–Crippen LogP) is 2.50. The van der Waals surface area contributed by atoms with E-state index >= 15 is 0 Å². The first-order chi connectivity index (χ1) is 15.5. The van der Waals surface area contributed by atoms with Gasteiger partial charge in [0.2, 0.25) is 5.91 Å². The molecule has 1 N–H and O–H groups in total. The summed E-state index contributed by atoms with van der Waals surface area (Å²) in [7, 11) is 5.79. The maximum absolute atomic E-state index is 12.4. The summed E-state index contributed by atoms with van der Waals surface area (Å²) in [5, 5.41) is 13.9. The van der Waals surface area contributed by atoms with Crippen LogP contribution in [-0.2, 0) is 17.6 Å². The highest BCUT2D eigenvalue weighted by Crippen LogP contribution is 2.15. The van der Waals surface area contributed by atoms with Gasteiger partial charge in [0.25, 0.3) is 0 Å². The normalized spacial score (nSPS) is 10.7. The lowest BCUT2D eigenvalue weighted by Crippen LogP contribution is -2.30. The largest absolute Gasteiger partial charge is 0.492 e. The van der Waals surface area contributed by atoms with Gasteiger partial charge in [-0.15, -0.1) is 10.2 Å². The van der Waals surface area contributed by atoms with Crippen molar-refractivity contribution in [2.45, 2.75) is 32.1 Å². The Bertz CT molecular complexity index is 959. The average molecular weight is 438 g/mol. The number of carbonyl (C=O) groups is 1. The van der Waals surface area contributed by atoms with Crippen LogP contribution in [0.2, 0.25) is 0 Å². The van der Waals surface area contributed by atoms with Crippen molar-refractivity contribution in [2.24, 2.45) is 0 Å². The number of hydrogen-bond acceptors (Lipinski definition) is 7. The number of aromatic nitrogens is 5. The lowest BCUT2D eigenvalue weighted by molar-refractivity contribution is -0.130. The Labute approximate surface area is 188 Å². The van der Waals surface area contributed by atoms with Gasteiger partial charge in [-0.25, -0.2) is 4.98 Å². The molecule has 9 nitrogen and oxygen atoms in total. The van der Waals surface area contributed by atoms with Gasteiger partial charge in [0, 0.05) is 40.2 Å². The summed E-state index contributed by atoms with van der Waals surface area (Å²) in [5.74, 6) is 2.53. The lowest BCUT2D eigenvalue weighted by atomic mass is 10.1. The molecule has 0 bridgehead atoms. The number of anilines is 1. The van der Waals surface area contributed by atoms with Crippen molar-refractivity contribution in [2.75, 3.05) is 39.2 Å². The number of amides is 1. The molecule has 9 heteroatoms. The van der Waals surface area contributed by atoms with E-state index in [4.69, 9.17) is 4.74 Å². The Hall–Kier alpha value is -3.49. The highest BCUT2D eigenvalue weighted by molar-refractivity contribution is 5.75. The van der Waals surface area contributed by atoms with E-state index in [0.717, 1.165) is 36.4 Å². The zero-order valence-electron chi connectivity index (χ0n) is 19.0. The number of rotatable bonds is 12. The molecule has 3 rings (SSSR count). The molecule has 3 aromatic rings. The van der Waals surface area contributed by atoms with Crippen molar-refractivity contribution < 1.29 is 9.53 Å². The van der Waals surface area contributed by atoms with Crippen LogP contribution in [0, 0.1) is 0 Å². The number of aryl methyl sites for hydroxylation is 1. The molecule has 1 aromatic carbocycles. The van der Waals surface area contributed by atoms with Crippen molar-refractivity contribution in [3.05, 3.63) is 59.5 Å². The van der Waals surface area contributed by atoms with Gasteiger partial charge >= 0.3 is 0 Å². The van der Waals surface area contributed by atoms with Gasteiger partial charge in [-0.05, 0) is 54.7 Å². The van der Waals surface area contributed by atoms with Gasteiger partial charge in [0.1, 0.15) is 18.2 Å². The monoisotopic (exact) mass is 437 g/mol. The molecule has 0 fully saturated rings. The van der Waals surface area contributed by atoms with E-state index in [0.29, 0.717) is 31.8 Å². The number of nitrogens with zero attached hydrogens (tertiary/aromatic N) is 6. The number of benzene rings is 1. The van der Waals surface area contributed by atoms with Gasteiger partial charge in [0.15, 0.2) is 5.82 Å². The second-order valence-electron chi connectivity index (χ2n) is 7.94. The number of aromatic amines is 1. The molecular formula is C23H31N7O2. The molecule has 0 saturated heterocycles. The van der Waals surface area contributed by atoms with Crippen molar-refractivity contribution in [1.29, 1.82) is 0 Å². The van der Waals surface area contributed by atoms with E-state index in [1.54, 1.807) is 4.90 Å². The summed E-state index contributed by atoms with van der Waals surface area (Å²) in [6.45, 7) is 1.01. The summed E-state index contributed by atoms with van der Waals surface area (Å²) in [4.78, 5) is 20.4. The molecule has 2 heterocycles. The van der Waals surface area contributed by atoms with Crippen LogP contribution in [0.1, 0.15) is 36.2 Å². The van der Waals surface area contributed by atoms with Gasteiger partial charge in [0.05, 0.1) is 6.54 Å². The summed E-state index contributed by atoms with van der Waals surface area (Å²) in [5.41, 5.74) is 2.33. The number of pyridine rings is 1. The van der Waals surface area contributed by atoms with Gasteiger partial charge in [-0.1, -0.05) is 17.3 Å². The minimum atomic E-state index is 0.146. The zero-order valence-corrected chi connectivity index (χ0v) is 19.0. The number of unbranched alkanes of at least 4 members (excludes halogenated alkanes) is 1. The maximum atomic E-state index is 12.4. The summed E-state index contributed by atoms with van der Waals surface area (Å²) >= 11 is 0. The third-order valence-corrected chi connectivity index (χ3v) is 5.17. The smallest absolute Gasteiger partial charge is 0.222 e. The van der Waals surface area contributed by atoms with Crippen molar-refractivity contribution in [3.63, 3.8) is 0 Å². The number of ether oxygens (including phenoxy) is 1. The Morgan fingerprint density at radius 1 is 1.06 bits per heavy atom. The predicted molar refractivity (Wildman–Crippen MR) is 123 cm³/mol. The molecule has 2 aromatic heterocycles. The number of likely N-dealkylation sites (N-methyl/N-ethyl adjacent to an activating group) is 1. The fourth-order valence-corrected chi connectivity index (χ4v) is 3.23. The van der Waals surface area contributed by atoms with Gasteiger partial charge in [-0.3, -0.25) is 4.79 Å². The van der Waals surface area contributed by atoms with E-state index in [2.05, 4.69) is 31.7 Å². The highest BCUT2D eigenvalue weighted by Gasteiger charge is 2.09. The SMILES string of the molecule is CN(CCOc1ccc(Cc2nn[nH]n2)cc1)C(=O)CCCCc1ccnc(N(C)C)c1. The second kappa shape index (κ2) is 11.8. The standard InChI is InChI=1S/C23H31N7O2/c1-29(2)22-17-18(12-13-24-22)6-4-5-7-23(31)30(3)14-15-32-20-10-8-19(9-11-20)16-21-25-27-28-26-21/h8-13,17H,4-7,14-16H2,1-3H3,(H,25,26,27,28). The van der Waals surface area contributed by atoms with Crippen molar-refractivity contribution in [3.8, 4) is 5.75 Å². The second-order valence-corrected chi connectivity index (χ2v) is 7.94. The van der Waals surface area contributed by atoms with Crippen molar-refractivity contribution in [1.82, 2.24) is 30.5 Å². The lowest BCUT2D eigenvalue weighted by Gasteiger charge is -2.17. The highest BCUT2D eigenvalue weighted by atomic mass is 16.5. The van der Waals surface area contributed by atoms with Crippen LogP contribution in [0.3, 0.4) is 0 Å². The number of nitrogens with one attached hydrogen (secondary N) is 1. The van der Waals surface area contributed by atoms with Gasteiger partial charge < -0.3 is 14.5 Å². The van der Waals surface area contributed by atoms with E-state index < -0.39 is 0 Å². The topological polar surface area (TPSA) is 100 Å². The third-order valence-electron chi connectivity index (χ3n) is 5.17. The van der Waals surface area contributed by atoms with Crippen LogP contribution in [-0.4, -0.2) is 70.7 Å². The molecule has 32 heavy (non-hydrogen) atoms. The number of H-pyrrole nitrogens is 1. The third kappa shape index (κ3) is 7.33.